The number of nitrogens with zero attached hydrogens (tertiary/aromatic N) is 1. The molecule has 0 aliphatic carbocycles. The SMILES string of the molecule is N#CC(CC(=O)c1ccc(Br)cc1)C(=O)c1ccc(Br)cc1. The van der Waals surface area contributed by atoms with Gasteiger partial charge in [0.2, 0.25) is 0 Å². The molecule has 0 aliphatic rings. The number of halogens is 2. The van der Waals surface area contributed by atoms with Crippen LogP contribution in [0.3, 0.4) is 0 Å². The lowest BCUT2D eigenvalue weighted by molar-refractivity contribution is 0.0882. The molecule has 0 saturated heterocycles. The number of Topliss-reactive ketones (excluding diaryl/α,β-unsaturated/α-hetero) is 2. The number of ketones is 2. The maximum Gasteiger partial charge on any atom is 0.180 e. The lowest BCUT2D eigenvalue weighted by Crippen LogP contribution is -2.17. The molecule has 0 saturated carbocycles. The Hall–Kier alpha value is -1.77. The minimum absolute atomic E-state index is 0.118. The first-order valence-corrected chi connectivity index (χ1v) is 8.08. The van der Waals surface area contributed by atoms with Crippen LogP contribution in [-0.2, 0) is 0 Å². The first-order chi connectivity index (χ1) is 10.5. The Balaban J connectivity index is 2.13. The van der Waals surface area contributed by atoms with E-state index in [2.05, 4.69) is 31.9 Å². The van der Waals surface area contributed by atoms with Gasteiger partial charge in [0, 0.05) is 26.5 Å². The smallest absolute Gasteiger partial charge is 0.180 e. The fraction of sp³-hybridized carbons (Fsp3) is 0.118. The topological polar surface area (TPSA) is 57.9 Å². The molecule has 0 fully saturated rings. The van der Waals surface area contributed by atoms with E-state index in [9.17, 15) is 14.9 Å². The molecule has 3 nitrogen and oxygen atoms in total. The van der Waals surface area contributed by atoms with E-state index in [1.54, 1.807) is 48.5 Å². The Morgan fingerprint density at radius 3 is 1.82 bits per heavy atom. The molecule has 0 aliphatic heterocycles. The summed E-state index contributed by atoms with van der Waals surface area (Å²) in [6.07, 6.45) is -0.118. The summed E-state index contributed by atoms with van der Waals surface area (Å²) < 4.78 is 1.72. The Labute approximate surface area is 145 Å². The van der Waals surface area contributed by atoms with Crippen molar-refractivity contribution in [3.05, 3.63) is 68.6 Å². The lowest BCUT2D eigenvalue weighted by Gasteiger charge is -2.08. The maximum absolute atomic E-state index is 12.3. The quantitative estimate of drug-likeness (QED) is 0.652. The highest BCUT2D eigenvalue weighted by Gasteiger charge is 2.23. The monoisotopic (exact) mass is 419 g/mol. The molecule has 1 atom stereocenters. The summed E-state index contributed by atoms with van der Waals surface area (Å²) >= 11 is 6.59. The van der Waals surface area contributed by atoms with Crippen LogP contribution in [-0.4, -0.2) is 11.6 Å². The van der Waals surface area contributed by atoms with E-state index in [0.29, 0.717) is 11.1 Å². The highest BCUT2D eigenvalue weighted by atomic mass is 79.9. The molecule has 0 radical (unpaired) electrons. The van der Waals surface area contributed by atoms with Gasteiger partial charge in [-0.05, 0) is 24.3 Å². The van der Waals surface area contributed by atoms with Crippen molar-refractivity contribution < 1.29 is 9.59 Å². The first kappa shape index (κ1) is 16.6. The molecule has 110 valence electrons. The number of carbonyl (C=O) groups is 2. The molecule has 2 aromatic carbocycles. The van der Waals surface area contributed by atoms with Crippen molar-refractivity contribution in [1.29, 1.82) is 5.26 Å². The normalized spacial score (nSPS) is 11.5. The average Bonchev–Trinajstić information content (AvgIpc) is 2.53. The molecule has 0 N–H and O–H groups in total. The van der Waals surface area contributed by atoms with Crippen molar-refractivity contribution in [3.63, 3.8) is 0 Å². The second kappa shape index (κ2) is 7.48. The summed E-state index contributed by atoms with van der Waals surface area (Å²) in [5, 5.41) is 9.21. The van der Waals surface area contributed by atoms with Gasteiger partial charge in [-0.3, -0.25) is 9.59 Å². The standard InChI is InChI=1S/C17H11Br2NO2/c18-14-5-1-11(2-6-14)16(21)9-13(10-20)17(22)12-3-7-15(19)8-4-12/h1-8,13H,9H2. The van der Waals surface area contributed by atoms with Gasteiger partial charge in [0.15, 0.2) is 11.6 Å². The third-order valence-electron chi connectivity index (χ3n) is 3.16. The zero-order valence-electron chi connectivity index (χ0n) is 11.4. The molecule has 2 aromatic rings. The molecule has 0 bridgehead atoms. The molecule has 22 heavy (non-hydrogen) atoms. The van der Waals surface area contributed by atoms with E-state index in [4.69, 9.17) is 0 Å². The van der Waals surface area contributed by atoms with Crippen LogP contribution in [0, 0.1) is 17.2 Å². The van der Waals surface area contributed by atoms with Crippen molar-refractivity contribution in [2.24, 2.45) is 5.92 Å². The van der Waals surface area contributed by atoms with E-state index in [0.717, 1.165) is 8.95 Å². The van der Waals surface area contributed by atoms with Gasteiger partial charge in [0.25, 0.3) is 0 Å². The third-order valence-corrected chi connectivity index (χ3v) is 4.21. The van der Waals surface area contributed by atoms with Gasteiger partial charge in [-0.25, -0.2) is 0 Å². The minimum atomic E-state index is -0.975. The highest BCUT2D eigenvalue weighted by molar-refractivity contribution is 9.10. The predicted octanol–water partition coefficient (Wildman–Crippen LogP) is 4.81. The van der Waals surface area contributed by atoms with Crippen LogP contribution >= 0.6 is 31.9 Å². The van der Waals surface area contributed by atoms with Crippen LogP contribution in [0.4, 0.5) is 0 Å². The van der Waals surface area contributed by atoms with Crippen molar-refractivity contribution in [1.82, 2.24) is 0 Å². The van der Waals surface area contributed by atoms with E-state index in [-0.39, 0.29) is 18.0 Å². The van der Waals surface area contributed by atoms with Gasteiger partial charge < -0.3 is 0 Å². The Bertz CT molecular complexity index is 731. The molecular formula is C17H11Br2NO2. The fourth-order valence-corrected chi connectivity index (χ4v) is 2.48. The molecule has 0 heterocycles. The molecular weight excluding hydrogens is 410 g/mol. The maximum atomic E-state index is 12.3. The van der Waals surface area contributed by atoms with Crippen LogP contribution in [0.25, 0.3) is 0 Å². The molecule has 2 rings (SSSR count). The summed E-state index contributed by atoms with van der Waals surface area (Å²) in [6, 6.07) is 15.5. The van der Waals surface area contributed by atoms with E-state index >= 15 is 0 Å². The summed E-state index contributed by atoms with van der Waals surface area (Å²) in [5.41, 5.74) is 0.922. The van der Waals surface area contributed by atoms with E-state index in [1.807, 2.05) is 6.07 Å². The van der Waals surface area contributed by atoms with Crippen molar-refractivity contribution in [2.45, 2.75) is 6.42 Å². The second-order valence-corrected chi connectivity index (χ2v) is 6.52. The molecule has 0 spiro atoms. The van der Waals surface area contributed by atoms with Gasteiger partial charge in [-0.15, -0.1) is 0 Å². The van der Waals surface area contributed by atoms with Gasteiger partial charge in [-0.1, -0.05) is 56.1 Å². The van der Waals surface area contributed by atoms with Gasteiger partial charge in [-0.2, -0.15) is 5.26 Å². The molecule has 1 unspecified atom stereocenters. The fourth-order valence-electron chi connectivity index (χ4n) is 1.95. The van der Waals surface area contributed by atoms with Crippen LogP contribution in [0.15, 0.2) is 57.5 Å². The van der Waals surface area contributed by atoms with E-state index < -0.39 is 5.92 Å². The number of carbonyl (C=O) groups excluding carboxylic acids is 2. The largest absolute Gasteiger partial charge is 0.294 e. The zero-order chi connectivity index (χ0) is 16.1. The second-order valence-electron chi connectivity index (χ2n) is 4.69. The lowest BCUT2D eigenvalue weighted by atomic mass is 9.92. The van der Waals surface area contributed by atoms with Gasteiger partial charge in [0.1, 0.15) is 5.92 Å². The Kier molecular flexibility index (Phi) is 5.64. The summed E-state index contributed by atoms with van der Waals surface area (Å²) in [7, 11) is 0. The van der Waals surface area contributed by atoms with Gasteiger partial charge in [0.05, 0.1) is 6.07 Å². The summed E-state index contributed by atoms with van der Waals surface area (Å²) in [4.78, 5) is 24.5. The molecule has 0 amide bonds. The van der Waals surface area contributed by atoms with Gasteiger partial charge >= 0.3 is 0 Å². The predicted molar refractivity (Wildman–Crippen MR) is 90.7 cm³/mol. The Morgan fingerprint density at radius 1 is 0.909 bits per heavy atom. The first-order valence-electron chi connectivity index (χ1n) is 6.49. The van der Waals surface area contributed by atoms with Crippen LogP contribution < -0.4 is 0 Å². The summed E-state index contributed by atoms with van der Waals surface area (Å²) in [6.45, 7) is 0. The minimum Gasteiger partial charge on any atom is -0.294 e. The highest BCUT2D eigenvalue weighted by Crippen LogP contribution is 2.19. The number of benzene rings is 2. The van der Waals surface area contributed by atoms with Crippen LogP contribution in [0.5, 0.6) is 0 Å². The van der Waals surface area contributed by atoms with Crippen molar-refractivity contribution in [3.8, 4) is 6.07 Å². The summed E-state index contributed by atoms with van der Waals surface area (Å²) in [5.74, 6) is -1.53. The number of hydrogen-bond acceptors (Lipinski definition) is 3. The number of rotatable bonds is 5. The number of nitriles is 1. The van der Waals surface area contributed by atoms with Crippen molar-refractivity contribution >= 4 is 43.4 Å². The van der Waals surface area contributed by atoms with Crippen molar-refractivity contribution in [2.75, 3.05) is 0 Å². The Morgan fingerprint density at radius 2 is 1.36 bits per heavy atom. The zero-order valence-corrected chi connectivity index (χ0v) is 14.6. The van der Waals surface area contributed by atoms with Crippen LogP contribution in [0.2, 0.25) is 0 Å². The average molecular weight is 421 g/mol. The molecule has 0 aromatic heterocycles. The van der Waals surface area contributed by atoms with E-state index in [1.165, 1.54) is 0 Å². The van der Waals surface area contributed by atoms with Crippen LogP contribution in [0.1, 0.15) is 27.1 Å². The third kappa shape index (κ3) is 4.12. The molecule has 5 heteroatoms. The number of hydrogen-bond donors (Lipinski definition) is 0.